The van der Waals surface area contributed by atoms with Gasteiger partial charge in [0.25, 0.3) is 7.52 Å². The van der Waals surface area contributed by atoms with Gasteiger partial charge in [-0.2, -0.15) is 0 Å². The van der Waals surface area contributed by atoms with Crippen LogP contribution >= 0.6 is 7.52 Å². The third-order valence-electron chi connectivity index (χ3n) is 6.41. The fraction of sp³-hybridized carbons (Fsp3) is 0.483. The second-order valence-corrected chi connectivity index (χ2v) is 12.6. The summed E-state index contributed by atoms with van der Waals surface area (Å²) in [5.74, 6) is -1.67. The Hall–Kier alpha value is -3.20. The lowest BCUT2D eigenvalue weighted by Gasteiger charge is -2.28. The molecule has 0 saturated carbocycles. The Morgan fingerprint density at radius 3 is 2.05 bits per heavy atom. The summed E-state index contributed by atoms with van der Waals surface area (Å²) in [4.78, 5) is 38.3. The number of amides is 3. The Morgan fingerprint density at radius 2 is 1.50 bits per heavy atom. The maximum atomic E-state index is 13.9. The van der Waals surface area contributed by atoms with Crippen LogP contribution < -0.4 is 21.0 Å². The molecule has 10 nitrogen and oxygen atoms in total. The minimum Gasteiger partial charge on any atom is -0.445 e. The van der Waals surface area contributed by atoms with E-state index in [4.69, 9.17) is 9.26 Å². The van der Waals surface area contributed by atoms with E-state index in [0.29, 0.717) is 13.0 Å². The van der Waals surface area contributed by atoms with Crippen molar-refractivity contribution < 1.29 is 28.2 Å². The lowest BCUT2D eigenvalue weighted by molar-refractivity contribution is -0.129. The highest BCUT2D eigenvalue weighted by Gasteiger charge is 2.36. The molecule has 0 aromatic heterocycles. The second-order valence-electron chi connectivity index (χ2n) is 10.1. The molecule has 0 bridgehead atoms. The number of nitrogens with one attached hydrogen (secondary N) is 4. The Morgan fingerprint density at radius 1 is 0.900 bits per heavy atom. The van der Waals surface area contributed by atoms with E-state index < -0.39 is 31.3 Å². The smallest absolute Gasteiger partial charge is 0.408 e. The number of rotatable bonds is 16. The molecule has 4 atom stereocenters. The van der Waals surface area contributed by atoms with Crippen molar-refractivity contribution in [2.75, 3.05) is 20.2 Å². The van der Waals surface area contributed by atoms with E-state index in [-0.39, 0.29) is 37.3 Å². The monoisotopic (exact) mass is 574 g/mol. The number of hydrogen-bond acceptors (Lipinski definition) is 6. The minimum absolute atomic E-state index is 0.0354. The minimum atomic E-state index is -3.83. The molecule has 220 valence electrons. The first-order chi connectivity index (χ1) is 19.1. The zero-order chi connectivity index (χ0) is 29.5. The zero-order valence-corrected chi connectivity index (χ0v) is 24.9. The predicted octanol–water partition coefficient (Wildman–Crippen LogP) is 4.21. The van der Waals surface area contributed by atoms with E-state index >= 15 is 0 Å². The molecule has 0 aliphatic rings. The van der Waals surface area contributed by atoms with E-state index in [1.54, 1.807) is 0 Å². The Kier molecular flexibility index (Phi) is 13.9. The second kappa shape index (κ2) is 16.8. The number of hydrogen-bond donors (Lipinski definition) is 4. The van der Waals surface area contributed by atoms with Crippen molar-refractivity contribution in [2.45, 2.75) is 59.0 Å². The van der Waals surface area contributed by atoms with Crippen molar-refractivity contribution in [3.05, 3.63) is 71.8 Å². The Labute approximate surface area is 237 Å². The summed E-state index contributed by atoms with van der Waals surface area (Å²) in [6.45, 7) is 7.94. The van der Waals surface area contributed by atoms with Crippen LogP contribution in [0.2, 0.25) is 0 Å². The van der Waals surface area contributed by atoms with Gasteiger partial charge in [-0.15, -0.1) is 0 Å². The first kappa shape index (κ1) is 33.0. The summed E-state index contributed by atoms with van der Waals surface area (Å²) in [6.07, 6.45) is 0.0683. The van der Waals surface area contributed by atoms with Gasteiger partial charge in [0.15, 0.2) is 0 Å². The number of carbonyl (C=O) groups is 3. The molecule has 0 radical (unpaired) electrons. The van der Waals surface area contributed by atoms with Gasteiger partial charge in [-0.3, -0.25) is 14.2 Å². The number of benzene rings is 2. The molecule has 4 N–H and O–H groups in total. The largest absolute Gasteiger partial charge is 0.445 e. The molecular weight excluding hydrogens is 531 g/mol. The van der Waals surface area contributed by atoms with Crippen LogP contribution in [0.15, 0.2) is 60.7 Å². The summed E-state index contributed by atoms with van der Waals surface area (Å²) < 4.78 is 24.7. The van der Waals surface area contributed by atoms with Crippen molar-refractivity contribution in [3.63, 3.8) is 0 Å². The third kappa shape index (κ3) is 11.1. The van der Waals surface area contributed by atoms with Crippen LogP contribution in [0.25, 0.3) is 0 Å². The average Bonchev–Trinajstić information content (AvgIpc) is 2.96. The first-order valence-electron chi connectivity index (χ1n) is 13.6. The summed E-state index contributed by atoms with van der Waals surface area (Å²) in [7, 11) is -2.57. The molecule has 2 unspecified atom stereocenters. The highest BCUT2D eigenvalue weighted by atomic mass is 31.2. The maximum absolute atomic E-state index is 13.9. The number of ether oxygens (including phenoxy) is 1. The molecule has 2 aromatic carbocycles. The predicted molar refractivity (Wildman–Crippen MR) is 156 cm³/mol. The topological polar surface area (TPSA) is 135 Å². The molecule has 3 amide bonds. The zero-order valence-electron chi connectivity index (χ0n) is 24.0. The van der Waals surface area contributed by atoms with Crippen LogP contribution in [0.3, 0.4) is 0 Å². The molecule has 0 saturated heterocycles. The van der Waals surface area contributed by atoms with Crippen LogP contribution in [0.1, 0.15) is 45.2 Å². The van der Waals surface area contributed by atoms with Crippen molar-refractivity contribution in [2.24, 2.45) is 11.8 Å². The van der Waals surface area contributed by atoms with Crippen LogP contribution in [0.4, 0.5) is 4.79 Å². The SMILES string of the molecule is CC[C@H](C)[C@H](NC(=O)CNP(=O)(OC)C(Cc1ccccc1)NC(=O)OCc1ccccc1)C(=O)NCC(C)C. The van der Waals surface area contributed by atoms with Crippen molar-refractivity contribution in [1.29, 1.82) is 0 Å². The van der Waals surface area contributed by atoms with Gasteiger partial charge >= 0.3 is 6.09 Å². The fourth-order valence-electron chi connectivity index (χ4n) is 3.82. The van der Waals surface area contributed by atoms with Crippen molar-refractivity contribution in [1.82, 2.24) is 21.0 Å². The van der Waals surface area contributed by atoms with E-state index in [9.17, 15) is 18.9 Å². The standard InChI is InChI=1S/C29H43N4O6P/c1-6-22(4)27(28(35)30-18-21(2)3)32-25(34)19-31-40(37,38-5)26(17-23-13-9-7-10-14-23)33-29(36)39-20-24-15-11-8-12-16-24/h7-16,21-22,26-27H,6,17-20H2,1-5H3,(H,30,35)(H,31,37)(H,32,34)(H,33,36)/t22-,26?,27-,40?/m0/s1. The van der Waals surface area contributed by atoms with Gasteiger partial charge in [0.1, 0.15) is 18.4 Å². The van der Waals surface area contributed by atoms with Crippen LogP contribution in [-0.2, 0) is 36.4 Å². The third-order valence-corrected chi connectivity index (χ3v) is 8.68. The van der Waals surface area contributed by atoms with E-state index in [2.05, 4.69) is 21.0 Å². The maximum Gasteiger partial charge on any atom is 0.408 e. The fourth-order valence-corrected chi connectivity index (χ4v) is 5.51. The van der Waals surface area contributed by atoms with Gasteiger partial charge in [-0.05, 0) is 23.0 Å². The van der Waals surface area contributed by atoms with E-state index in [0.717, 1.165) is 11.1 Å². The van der Waals surface area contributed by atoms with Gasteiger partial charge in [-0.25, -0.2) is 9.88 Å². The molecule has 0 aliphatic heterocycles. The van der Waals surface area contributed by atoms with Crippen LogP contribution in [0.5, 0.6) is 0 Å². The first-order valence-corrected chi connectivity index (χ1v) is 15.3. The number of alkyl carbamates (subject to hydrolysis) is 1. The molecule has 2 rings (SSSR count). The molecule has 0 aliphatic carbocycles. The molecule has 0 fully saturated rings. The summed E-state index contributed by atoms with van der Waals surface area (Å²) in [5.41, 5.74) is 1.60. The highest BCUT2D eigenvalue weighted by Crippen LogP contribution is 2.46. The molecule has 0 heterocycles. The lowest BCUT2D eigenvalue weighted by atomic mass is 9.98. The van der Waals surface area contributed by atoms with E-state index in [1.165, 1.54) is 7.11 Å². The molecule has 11 heteroatoms. The Balaban J connectivity index is 2.12. The van der Waals surface area contributed by atoms with Crippen LogP contribution in [0, 0.1) is 11.8 Å². The molecule has 2 aromatic rings. The molecular formula is C29H43N4O6P. The lowest BCUT2D eigenvalue weighted by Crippen LogP contribution is -2.52. The van der Waals surface area contributed by atoms with Gasteiger partial charge in [-0.1, -0.05) is 94.8 Å². The van der Waals surface area contributed by atoms with Gasteiger partial charge in [0, 0.05) is 20.1 Å². The van der Waals surface area contributed by atoms with Crippen molar-refractivity contribution >= 4 is 25.4 Å². The quantitative estimate of drug-likeness (QED) is 0.221. The average molecular weight is 575 g/mol. The van der Waals surface area contributed by atoms with Gasteiger partial charge in [0.2, 0.25) is 11.8 Å². The van der Waals surface area contributed by atoms with Crippen molar-refractivity contribution in [3.8, 4) is 0 Å². The van der Waals surface area contributed by atoms with E-state index in [1.807, 2.05) is 88.4 Å². The summed E-state index contributed by atoms with van der Waals surface area (Å²) in [5, 5.41) is 11.0. The summed E-state index contributed by atoms with van der Waals surface area (Å²) >= 11 is 0. The number of carbonyl (C=O) groups excluding carboxylic acids is 3. The molecule has 0 spiro atoms. The summed E-state index contributed by atoms with van der Waals surface area (Å²) in [6, 6.07) is 17.6. The highest BCUT2D eigenvalue weighted by molar-refractivity contribution is 7.57. The van der Waals surface area contributed by atoms with Gasteiger partial charge < -0.3 is 25.2 Å². The van der Waals surface area contributed by atoms with Gasteiger partial charge in [0.05, 0.1) is 6.54 Å². The normalized spacial score (nSPS) is 14.8. The van der Waals surface area contributed by atoms with Crippen LogP contribution in [-0.4, -0.2) is 49.9 Å². The Bertz CT molecular complexity index is 1120. The molecule has 40 heavy (non-hydrogen) atoms.